The van der Waals surface area contributed by atoms with Gasteiger partial charge in [-0.25, -0.2) is 4.98 Å². The molecule has 1 saturated heterocycles. The summed E-state index contributed by atoms with van der Waals surface area (Å²) in [6, 6.07) is 15.6. The monoisotopic (exact) mass is 383 g/mol. The average molecular weight is 383 g/mol. The van der Waals surface area contributed by atoms with Gasteiger partial charge in [-0.1, -0.05) is 30.0 Å². The molecule has 2 aromatic carbocycles. The van der Waals surface area contributed by atoms with Crippen LogP contribution in [0.25, 0.3) is 11.1 Å². The summed E-state index contributed by atoms with van der Waals surface area (Å²) in [5.74, 6) is 1.31. The van der Waals surface area contributed by atoms with Crippen molar-refractivity contribution in [2.24, 2.45) is 0 Å². The summed E-state index contributed by atoms with van der Waals surface area (Å²) >= 11 is 1.35. The first kappa shape index (κ1) is 17.7. The zero-order chi connectivity index (χ0) is 18.6. The van der Waals surface area contributed by atoms with Gasteiger partial charge in [0.1, 0.15) is 11.3 Å². The van der Waals surface area contributed by atoms with Crippen molar-refractivity contribution in [3.63, 3.8) is 0 Å². The van der Waals surface area contributed by atoms with Crippen molar-refractivity contribution in [1.29, 1.82) is 0 Å². The number of benzene rings is 2. The fourth-order valence-electron chi connectivity index (χ4n) is 3.15. The van der Waals surface area contributed by atoms with Crippen LogP contribution in [0.1, 0.15) is 0 Å². The first-order valence-electron chi connectivity index (χ1n) is 8.88. The summed E-state index contributed by atoms with van der Waals surface area (Å²) in [5, 5.41) is 0.541. The number of nitrogens with zero attached hydrogens (tertiary/aromatic N) is 3. The van der Waals surface area contributed by atoms with E-state index in [9.17, 15) is 4.79 Å². The molecule has 140 valence electrons. The van der Waals surface area contributed by atoms with Crippen molar-refractivity contribution < 1.29 is 13.9 Å². The van der Waals surface area contributed by atoms with Crippen molar-refractivity contribution in [3.05, 3.63) is 48.5 Å². The highest BCUT2D eigenvalue weighted by atomic mass is 32.2. The summed E-state index contributed by atoms with van der Waals surface area (Å²) in [5.41, 5.74) is 2.70. The normalized spacial score (nSPS) is 14.6. The molecule has 1 aliphatic heterocycles. The van der Waals surface area contributed by atoms with Crippen LogP contribution in [0.15, 0.2) is 58.2 Å². The molecule has 0 saturated carbocycles. The number of piperazine rings is 1. The maximum Gasteiger partial charge on any atom is 0.257 e. The fraction of sp³-hybridized carbons (Fsp3) is 0.300. The van der Waals surface area contributed by atoms with E-state index in [2.05, 4.69) is 16.0 Å². The number of rotatable bonds is 5. The van der Waals surface area contributed by atoms with E-state index in [1.54, 1.807) is 7.11 Å². The van der Waals surface area contributed by atoms with Crippen molar-refractivity contribution in [2.45, 2.75) is 5.22 Å². The number of para-hydroxylation sites is 2. The zero-order valence-electron chi connectivity index (χ0n) is 15.1. The first-order valence-corrected chi connectivity index (χ1v) is 9.86. The van der Waals surface area contributed by atoms with Gasteiger partial charge in [0.05, 0.1) is 12.9 Å². The number of oxazole rings is 1. The number of aromatic nitrogens is 1. The number of fused-ring (bicyclic) bond motifs is 1. The SMILES string of the molecule is COc1cccc(N2CCN(C(=O)CSc3nc4ccccc4o3)CC2)c1. The second kappa shape index (κ2) is 7.92. The molecular formula is C20H21N3O3S. The topological polar surface area (TPSA) is 58.8 Å². The highest BCUT2D eigenvalue weighted by Crippen LogP contribution is 2.25. The third-order valence-electron chi connectivity index (χ3n) is 4.64. The first-order chi connectivity index (χ1) is 13.2. The average Bonchev–Trinajstić information content (AvgIpc) is 3.15. The highest BCUT2D eigenvalue weighted by molar-refractivity contribution is 7.99. The Hall–Kier alpha value is -2.67. The van der Waals surface area contributed by atoms with Crippen molar-refractivity contribution >= 4 is 34.5 Å². The van der Waals surface area contributed by atoms with Crippen molar-refractivity contribution in [3.8, 4) is 5.75 Å². The highest BCUT2D eigenvalue weighted by Gasteiger charge is 2.22. The molecule has 0 N–H and O–H groups in total. The Morgan fingerprint density at radius 1 is 1.15 bits per heavy atom. The minimum absolute atomic E-state index is 0.118. The number of hydrogen-bond acceptors (Lipinski definition) is 6. The smallest absolute Gasteiger partial charge is 0.257 e. The second-order valence-corrected chi connectivity index (χ2v) is 7.23. The predicted octanol–water partition coefficient (Wildman–Crippen LogP) is 3.28. The van der Waals surface area contributed by atoms with Gasteiger partial charge in [-0.15, -0.1) is 0 Å². The third kappa shape index (κ3) is 4.03. The number of thioether (sulfide) groups is 1. The molecule has 4 rings (SSSR count). The van der Waals surface area contributed by atoms with Gasteiger partial charge >= 0.3 is 0 Å². The van der Waals surface area contributed by atoms with Crippen molar-refractivity contribution in [2.75, 3.05) is 43.9 Å². The van der Waals surface area contributed by atoms with Gasteiger partial charge < -0.3 is 19.0 Å². The molecule has 0 atom stereocenters. The largest absolute Gasteiger partial charge is 0.497 e. The van der Waals surface area contributed by atoms with E-state index in [4.69, 9.17) is 9.15 Å². The molecule has 27 heavy (non-hydrogen) atoms. The quantitative estimate of drug-likeness (QED) is 0.630. The molecule has 7 heteroatoms. The van der Waals surface area contributed by atoms with Gasteiger partial charge in [0.25, 0.3) is 5.22 Å². The number of amides is 1. The fourth-order valence-corrected chi connectivity index (χ4v) is 3.89. The van der Waals surface area contributed by atoms with Gasteiger partial charge in [0.2, 0.25) is 5.91 Å². The lowest BCUT2D eigenvalue weighted by molar-refractivity contribution is -0.128. The number of carbonyl (C=O) groups is 1. The van der Waals surface area contributed by atoms with E-state index >= 15 is 0 Å². The van der Waals surface area contributed by atoms with Gasteiger partial charge in [-0.2, -0.15) is 0 Å². The van der Waals surface area contributed by atoms with Gasteiger partial charge in [0.15, 0.2) is 5.58 Å². The number of anilines is 1. The molecule has 0 aliphatic carbocycles. The Morgan fingerprint density at radius 3 is 2.74 bits per heavy atom. The molecule has 6 nitrogen and oxygen atoms in total. The second-order valence-electron chi connectivity index (χ2n) is 6.31. The van der Waals surface area contributed by atoms with Crippen LogP contribution in [0, 0.1) is 0 Å². The van der Waals surface area contributed by atoms with E-state index in [0.717, 1.165) is 35.6 Å². The molecule has 1 amide bonds. The van der Waals surface area contributed by atoms with E-state index < -0.39 is 0 Å². The standard InChI is InChI=1S/C20H21N3O3S/c1-25-16-6-4-5-15(13-16)22-9-11-23(12-10-22)19(24)14-27-20-21-17-7-2-3-8-18(17)26-20/h2-8,13H,9-12,14H2,1H3. The van der Waals surface area contributed by atoms with E-state index in [0.29, 0.717) is 24.1 Å². The summed E-state index contributed by atoms with van der Waals surface area (Å²) < 4.78 is 11.0. The maximum absolute atomic E-state index is 12.5. The molecule has 1 aromatic heterocycles. The summed E-state index contributed by atoms with van der Waals surface area (Å²) in [6.07, 6.45) is 0. The molecule has 0 radical (unpaired) electrons. The van der Waals surface area contributed by atoms with Crippen molar-refractivity contribution in [1.82, 2.24) is 9.88 Å². The van der Waals surface area contributed by atoms with Gasteiger partial charge in [-0.05, 0) is 24.3 Å². The summed E-state index contributed by atoms with van der Waals surface area (Å²) in [7, 11) is 1.67. The van der Waals surface area contributed by atoms with Gasteiger partial charge in [-0.3, -0.25) is 4.79 Å². The molecule has 3 aromatic rings. The summed E-state index contributed by atoms with van der Waals surface area (Å²) in [4.78, 5) is 21.1. The lowest BCUT2D eigenvalue weighted by Gasteiger charge is -2.36. The lowest BCUT2D eigenvalue weighted by Crippen LogP contribution is -2.49. The van der Waals surface area contributed by atoms with E-state index in [1.807, 2.05) is 47.4 Å². The molecule has 1 aliphatic rings. The van der Waals surface area contributed by atoms with Crippen LogP contribution >= 0.6 is 11.8 Å². The summed E-state index contributed by atoms with van der Waals surface area (Å²) in [6.45, 7) is 3.05. The minimum atomic E-state index is 0.118. The minimum Gasteiger partial charge on any atom is -0.497 e. The molecule has 0 unspecified atom stereocenters. The Kier molecular flexibility index (Phi) is 5.20. The van der Waals surface area contributed by atoms with Crippen LogP contribution in [0.4, 0.5) is 5.69 Å². The molecule has 0 bridgehead atoms. The Balaban J connectivity index is 1.30. The van der Waals surface area contributed by atoms with E-state index in [1.165, 1.54) is 11.8 Å². The Labute approximate surface area is 162 Å². The Bertz CT molecular complexity index is 902. The Morgan fingerprint density at radius 2 is 1.96 bits per heavy atom. The number of hydrogen-bond donors (Lipinski definition) is 0. The van der Waals surface area contributed by atoms with E-state index in [-0.39, 0.29) is 5.91 Å². The van der Waals surface area contributed by atoms with Crippen LogP contribution in [0.2, 0.25) is 0 Å². The zero-order valence-corrected chi connectivity index (χ0v) is 15.9. The lowest BCUT2D eigenvalue weighted by atomic mass is 10.2. The molecule has 2 heterocycles. The van der Waals surface area contributed by atoms with Crippen LogP contribution in [0.3, 0.4) is 0 Å². The van der Waals surface area contributed by atoms with Crippen LogP contribution in [0.5, 0.6) is 5.75 Å². The number of ether oxygens (including phenoxy) is 1. The van der Waals surface area contributed by atoms with Crippen LogP contribution in [-0.2, 0) is 4.79 Å². The van der Waals surface area contributed by atoms with Crippen LogP contribution in [-0.4, -0.2) is 54.8 Å². The predicted molar refractivity (Wildman–Crippen MR) is 107 cm³/mol. The van der Waals surface area contributed by atoms with Gasteiger partial charge in [0, 0.05) is 37.9 Å². The van der Waals surface area contributed by atoms with Crippen LogP contribution < -0.4 is 9.64 Å². The molecular weight excluding hydrogens is 362 g/mol. The number of carbonyl (C=O) groups excluding carboxylic acids is 1. The molecule has 1 fully saturated rings. The number of methoxy groups -OCH3 is 1. The maximum atomic E-state index is 12.5. The molecule has 0 spiro atoms. The third-order valence-corrected chi connectivity index (χ3v) is 5.46.